The van der Waals surface area contributed by atoms with Crippen molar-refractivity contribution in [1.82, 2.24) is 10.6 Å². The molecule has 1 aromatic rings. The van der Waals surface area contributed by atoms with Crippen LogP contribution in [0.4, 0.5) is 4.79 Å². The van der Waals surface area contributed by atoms with Crippen LogP contribution in [0.1, 0.15) is 44.9 Å². The van der Waals surface area contributed by atoms with Crippen molar-refractivity contribution in [2.24, 2.45) is 0 Å². The van der Waals surface area contributed by atoms with E-state index in [1.54, 1.807) is 20.8 Å². The van der Waals surface area contributed by atoms with E-state index >= 15 is 0 Å². The number of hydrogen-bond acceptors (Lipinski definition) is 3. The fourth-order valence-electron chi connectivity index (χ4n) is 2.16. The van der Waals surface area contributed by atoms with E-state index in [1.165, 1.54) is 6.08 Å². The highest BCUT2D eigenvalue weighted by Gasteiger charge is 2.22. The molecule has 0 spiro atoms. The Morgan fingerprint density at radius 2 is 1.96 bits per heavy atom. The van der Waals surface area contributed by atoms with Crippen molar-refractivity contribution in [3.05, 3.63) is 48.0 Å². The first-order chi connectivity index (χ1) is 10.8. The van der Waals surface area contributed by atoms with E-state index in [4.69, 9.17) is 4.74 Å². The highest BCUT2D eigenvalue weighted by atomic mass is 16.6. The maximum atomic E-state index is 12.1. The Morgan fingerprint density at radius 3 is 2.52 bits per heavy atom. The van der Waals surface area contributed by atoms with Crippen LogP contribution < -0.4 is 10.6 Å². The Hall–Kier alpha value is -2.30. The molecule has 0 saturated heterocycles. The molecule has 0 saturated carbocycles. The number of alkyl carbamates (subject to hydrolysis) is 1. The fraction of sp³-hybridized carbons (Fsp3) is 0.444. The molecule has 0 fully saturated rings. The second kappa shape index (κ2) is 8.36. The second-order valence-corrected chi connectivity index (χ2v) is 6.20. The Kier molecular flexibility index (Phi) is 6.82. The van der Waals surface area contributed by atoms with Gasteiger partial charge in [0.2, 0.25) is 5.91 Å². The van der Waals surface area contributed by atoms with Gasteiger partial charge in [0, 0.05) is 6.54 Å². The maximum Gasteiger partial charge on any atom is 0.408 e. The lowest BCUT2D eigenvalue weighted by Crippen LogP contribution is -2.40. The zero-order chi connectivity index (χ0) is 17.5. The van der Waals surface area contributed by atoms with Crippen molar-refractivity contribution in [3.8, 4) is 0 Å². The first-order valence-corrected chi connectivity index (χ1v) is 7.74. The summed E-state index contributed by atoms with van der Waals surface area (Å²) in [6.07, 6.45) is 1.52. The summed E-state index contributed by atoms with van der Waals surface area (Å²) < 4.78 is 5.31. The SMILES string of the molecule is C=CC(=O)NCC(NC(=O)OC(C)(C)C)c1ccccc1CC. The van der Waals surface area contributed by atoms with E-state index < -0.39 is 11.7 Å². The zero-order valence-electron chi connectivity index (χ0n) is 14.3. The van der Waals surface area contributed by atoms with Gasteiger partial charge in [0.05, 0.1) is 6.04 Å². The first kappa shape index (κ1) is 18.7. The summed E-state index contributed by atoms with van der Waals surface area (Å²) in [5.41, 5.74) is 1.50. The molecule has 0 aliphatic rings. The molecule has 2 amide bonds. The van der Waals surface area contributed by atoms with Crippen molar-refractivity contribution < 1.29 is 14.3 Å². The van der Waals surface area contributed by atoms with Gasteiger partial charge in [0.15, 0.2) is 0 Å². The normalized spacial score (nSPS) is 12.2. The summed E-state index contributed by atoms with van der Waals surface area (Å²) in [6, 6.07) is 7.45. The van der Waals surface area contributed by atoms with E-state index in [-0.39, 0.29) is 18.5 Å². The fourth-order valence-corrected chi connectivity index (χ4v) is 2.16. The smallest absolute Gasteiger partial charge is 0.408 e. The molecule has 1 aromatic carbocycles. The molecule has 0 bridgehead atoms. The average molecular weight is 318 g/mol. The van der Waals surface area contributed by atoms with Gasteiger partial charge in [0.25, 0.3) is 0 Å². The van der Waals surface area contributed by atoms with Gasteiger partial charge in [-0.25, -0.2) is 4.79 Å². The van der Waals surface area contributed by atoms with E-state index in [0.717, 1.165) is 17.5 Å². The Labute approximate surface area is 138 Å². The number of aryl methyl sites for hydroxylation is 1. The summed E-state index contributed by atoms with van der Waals surface area (Å²) >= 11 is 0. The van der Waals surface area contributed by atoms with Crippen LogP contribution in [0, 0.1) is 0 Å². The van der Waals surface area contributed by atoms with Gasteiger partial charge in [-0.2, -0.15) is 0 Å². The minimum atomic E-state index is -0.580. The predicted octanol–water partition coefficient (Wildman–Crippen LogP) is 3.12. The topological polar surface area (TPSA) is 67.4 Å². The number of hydrogen-bond donors (Lipinski definition) is 2. The lowest BCUT2D eigenvalue weighted by Gasteiger charge is -2.25. The summed E-state index contributed by atoms with van der Waals surface area (Å²) in [5, 5.41) is 5.56. The second-order valence-electron chi connectivity index (χ2n) is 6.20. The van der Waals surface area contributed by atoms with Crippen molar-refractivity contribution in [2.45, 2.75) is 45.8 Å². The summed E-state index contributed by atoms with van der Waals surface area (Å²) in [6.45, 7) is 11.2. The molecule has 0 heterocycles. The van der Waals surface area contributed by atoms with Gasteiger partial charge in [-0.1, -0.05) is 37.8 Å². The number of ether oxygens (including phenoxy) is 1. The number of amides is 2. The largest absolute Gasteiger partial charge is 0.444 e. The van der Waals surface area contributed by atoms with Crippen LogP contribution in [-0.2, 0) is 16.0 Å². The number of benzene rings is 1. The first-order valence-electron chi connectivity index (χ1n) is 7.74. The number of rotatable bonds is 6. The highest BCUT2D eigenvalue weighted by Crippen LogP contribution is 2.19. The predicted molar refractivity (Wildman–Crippen MR) is 91.1 cm³/mol. The number of carbonyl (C=O) groups excluding carboxylic acids is 2. The molecule has 1 rings (SSSR count). The van der Waals surface area contributed by atoms with Gasteiger partial charge in [-0.3, -0.25) is 4.79 Å². The lowest BCUT2D eigenvalue weighted by molar-refractivity contribution is -0.116. The van der Waals surface area contributed by atoms with Gasteiger partial charge in [-0.15, -0.1) is 0 Å². The van der Waals surface area contributed by atoms with Gasteiger partial charge in [-0.05, 0) is 44.4 Å². The van der Waals surface area contributed by atoms with Crippen molar-refractivity contribution >= 4 is 12.0 Å². The third-order valence-electron chi connectivity index (χ3n) is 3.17. The minimum absolute atomic E-state index is 0.265. The Bertz CT molecular complexity index is 562. The molecule has 126 valence electrons. The molecule has 1 atom stereocenters. The zero-order valence-corrected chi connectivity index (χ0v) is 14.3. The highest BCUT2D eigenvalue weighted by molar-refractivity contribution is 5.86. The third kappa shape index (κ3) is 6.55. The van der Waals surface area contributed by atoms with Crippen molar-refractivity contribution in [3.63, 3.8) is 0 Å². The van der Waals surface area contributed by atoms with Crippen LogP contribution in [0.25, 0.3) is 0 Å². The summed E-state index contributed by atoms with van der Waals surface area (Å²) in [7, 11) is 0. The van der Waals surface area contributed by atoms with Crippen molar-refractivity contribution in [2.75, 3.05) is 6.54 Å². The number of nitrogens with one attached hydrogen (secondary N) is 2. The van der Waals surface area contributed by atoms with Crippen LogP contribution in [0.3, 0.4) is 0 Å². The van der Waals surface area contributed by atoms with Crippen molar-refractivity contribution in [1.29, 1.82) is 0 Å². The minimum Gasteiger partial charge on any atom is -0.444 e. The molecule has 0 aliphatic carbocycles. The third-order valence-corrected chi connectivity index (χ3v) is 3.17. The van der Waals surface area contributed by atoms with Crippen LogP contribution >= 0.6 is 0 Å². The molecule has 5 heteroatoms. The molecule has 23 heavy (non-hydrogen) atoms. The van der Waals surface area contributed by atoms with Crippen LogP contribution in [-0.4, -0.2) is 24.1 Å². The van der Waals surface area contributed by atoms with Gasteiger partial charge in [0.1, 0.15) is 5.60 Å². The molecule has 0 aromatic heterocycles. The Morgan fingerprint density at radius 1 is 1.30 bits per heavy atom. The molecule has 1 unspecified atom stereocenters. The average Bonchev–Trinajstić information content (AvgIpc) is 2.49. The monoisotopic (exact) mass is 318 g/mol. The lowest BCUT2D eigenvalue weighted by atomic mass is 9.98. The summed E-state index contributed by atoms with van der Waals surface area (Å²) in [5.74, 6) is -0.282. The summed E-state index contributed by atoms with van der Waals surface area (Å²) in [4.78, 5) is 23.5. The van der Waals surface area contributed by atoms with E-state index in [0.29, 0.717) is 0 Å². The molecular weight excluding hydrogens is 292 g/mol. The van der Waals surface area contributed by atoms with Gasteiger partial charge < -0.3 is 15.4 Å². The van der Waals surface area contributed by atoms with Gasteiger partial charge >= 0.3 is 6.09 Å². The van der Waals surface area contributed by atoms with Crippen LogP contribution in [0.5, 0.6) is 0 Å². The van der Waals surface area contributed by atoms with Crippen LogP contribution in [0.15, 0.2) is 36.9 Å². The molecule has 5 nitrogen and oxygen atoms in total. The quantitative estimate of drug-likeness (QED) is 0.792. The van der Waals surface area contributed by atoms with E-state index in [2.05, 4.69) is 17.2 Å². The molecule has 2 N–H and O–H groups in total. The Balaban J connectivity index is 2.94. The molecule has 0 radical (unpaired) electrons. The van der Waals surface area contributed by atoms with E-state index in [1.807, 2.05) is 31.2 Å². The number of carbonyl (C=O) groups is 2. The maximum absolute atomic E-state index is 12.1. The molecular formula is C18H26N2O3. The van der Waals surface area contributed by atoms with Crippen LogP contribution in [0.2, 0.25) is 0 Å². The standard InChI is InChI=1S/C18H26N2O3/c1-6-13-10-8-9-11-14(13)15(12-19-16(21)7-2)20-17(22)23-18(3,4)5/h7-11,15H,2,6,12H2,1,3-5H3,(H,19,21)(H,20,22). The van der Waals surface area contributed by atoms with E-state index in [9.17, 15) is 9.59 Å². The molecule has 0 aliphatic heterocycles.